The van der Waals surface area contributed by atoms with Gasteiger partial charge < -0.3 is 14.9 Å². The summed E-state index contributed by atoms with van der Waals surface area (Å²) in [6.45, 7) is 3.85. The summed E-state index contributed by atoms with van der Waals surface area (Å²) in [6.07, 6.45) is 0. The van der Waals surface area contributed by atoms with Crippen LogP contribution in [0.3, 0.4) is 0 Å². The number of phenolic OH excluding ortho intramolecular Hbond substituents is 1. The number of aromatic hydroxyl groups is 1. The lowest BCUT2D eigenvalue weighted by Crippen LogP contribution is -2.19. The molecule has 0 atom stereocenters. The number of hydrogen-bond donors (Lipinski definition) is 1. The maximum Gasteiger partial charge on any atom is 0.230 e. The molecule has 0 fully saturated rings. The third-order valence-corrected chi connectivity index (χ3v) is 3.10. The molecular formula is C15H21N5O. The molecule has 21 heavy (non-hydrogen) atoms. The van der Waals surface area contributed by atoms with Gasteiger partial charge in [-0.15, -0.1) is 0 Å². The molecule has 0 aliphatic carbocycles. The van der Waals surface area contributed by atoms with Crippen LogP contribution in [0.1, 0.15) is 11.1 Å². The van der Waals surface area contributed by atoms with E-state index >= 15 is 0 Å². The van der Waals surface area contributed by atoms with Crippen molar-refractivity contribution in [1.29, 1.82) is 0 Å². The van der Waals surface area contributed by atoms with E-state index in [2.05, 4.69) is 15.0 Å². The van der Waals surface area contributed by atoms with E-state index in [4.69, 9.17) is 0 Å². The lowest BCUT2D eigenvalue weighted by atomic mass is 10.1. The molecule has 6 nitrogen and oxygen atoms in total. The molecule has 1 aromatic carbocycles. The third kappa shape index (κ3) is 3.04. The SMILES string of the molecule is Cc1cc(C)c(O)c(-c2nc(N(C)C)nc(N(C)C)n2)c1. The zero-order valence-electron chi connectivity index (χ0n) is 13.3. The Morgan fingerprint density at radius 2 is 1.38 bits per heavy atom. The first kappa shape index (κ1) is 15.0. The summed E-state index contributed by atoms with van der Waals surface area (Å²) >= 11 is 0. The number of anilines is 2. The van der Waals surface area contributed by atoms with E-state index in [1.165, 1.54) is 0 Å². The Morgan fingerprint density at radius 3 is 1.86 bits per heavy atom. The standard InChI is InChI=1S/C15H21N5O/c1-9-7-10(2)12(21)11(8-9)13-16-14(19(3)4)18-15(17-13)20(5)6/h7-8,21H,1-6H3. The number of benzene rings is 1. The number of hydrogen-bond acceptors (Lipinski definition) is 6. The maximum atomic E-state index is 10.3. The molecule has 0 spiro atoms. The van der Waals surface area contributed by atoms with Crippen LogP contribution in [-0.2, 0) is 0 Å². The van der Waals surface area contributed by atoms with Gasteiger partial charge in [0, 0.05) is 28.2 Å². The fraction of sp³-hybridized carbons (Fsp3) is 0.400. The molecule has 0 unspecified atom stereocenters. The molecule has 0 aliphatic rings. The molecule has 1 N–H and O–H groups in total. The summed E-state index contributed by atoms with van der Waals surface area (Å²) in [4.78, 5) is 16.9. The van der Waals surface area contributed by atoms with Crippen molar-refractivity contribution < 1.29 is 5.11 Å². The first-order chi connectivity index (χ1) is 9.79. The Kier molecular flexibility index (Phi) is 3.97. The molecule has 1 aromatic heterocycles. The molecule has 0 saturated heterocycles. The highest BCUT2D eigenvalue weighted by Gasteiger charge is 2.15. The highest BCUT2D eigenvalue weighted by atomic mass is 16.3. The number of rotatable bonds is 3. The highest BCUT2D eigenvalue weighted by molar-refractivity contribution is 5.68. The number of phenols is 1. The lowest BCUT2D eigenvalue weighted by molar-refractivity contribution is 0.472. The normalized spacial score (nSPS) is 10.6. The second-order valence-electron chi connectivity index (χ2n) is 5.53. The second kappa shape index (κ2) is 5.55. The summed E-state index contributed by atoms with van der Waals surface area (Å²) in [5, 5.41) is 10.3. The molecular weight excluding hydrogens is 266 g/mol. The lowest BCUT2D eigenvalue weighted by Gasteiger charge is -2.17. The van der Waals surface area contributed by atoms with Crippen molar-refractivity contribution in [2.24, 2.45) is 0 Å². The van der Waals surface area contributed by atoms with Crippen molar-refractivity contribution >= 4 is 11.9 Å². The van der Waals surface area contributed by atoms with E-state index in [0.29, 0.717) is 23.3 Å². The molecule has 0 amide bonds. The van der Waals surface area contributed by atoms with Crippen molar-refractivity contribution in [2.45, 2.75) is 13.8 Å². The zero-order chi connectivity index (χ0) is 15.7. The fourth-order valence-electron chi connectivity index (χ4n) is 2.00. The van der Waals surface area contributed by atoms with Crippen LogP contribution in [0, 0.1) is 13.8 Å². The number of nitrogens with zero attached hydrogens (tertiary/aromatic N) is 5. The molecule has 0 aliphatic heterocycles. The number of aromatic nitrogens is 3. The molecule has 112 valence electrons. The smallest absolute Gasteiger partial charge is 0.230 e. The average Bonchev–Trinajstić information content (AvgIpc) is 2.42. The van der Waals surface area contributed by atoms with Crippen LogP contribution >= 0.6 is 0 Å². The quantitative estimate of drug-likeness (QED) is 0.931. The Morgan fingerprint density at radius 1 is 0.857 bits per heavy atom. The topological polar surface area (TPSA) is 65.4 Å². The van der Waals surface area contributed by atoms with Crippen LogP contribution in [-0.4, -0.2) is 48.2 Å². The Balaban J connectivity index is 2.68. The van der Waals surface area contributed by atoms with Gasteiger partial charge in [0.25, 0.3) is 0 Å². The molecule has 6 heteroatoms. The average molecular weight is 287 g/mol. The van der Waals surface area contributed by atoms with E-state index < -0.39 is 0 Å². The van der Waals surface area contributed by atoms with E-state index in [-0.39, 0.29) is 5.75 Å². The largest absolute Gasteiger partial charge is 0.507 e. The first-order valence-corrected chi connectivity index (χ1v) is 6.71. The van der Waals surface area contributed by atoms with Gasteiger partial charge in [0.05, 0.1) is 5.56 Å². The molecule has 1 heterocycles. The van der Waals surface area contributed by atoms with Crippen molar-refractivity contribution in [3.05, 3.63) is 23.3 Å². The summed E-state index contributed by atoms with van der Waals surface area (Å²) in [5.74, 6) is 1.80. The minimum Gasteiger partial charge on any atom is -0.507 e. The summed E-state index contributed by atoms with van der Waals surface area (Å²) in [7, 11) is 7.50. The predicted molar refractivity (Wildman–Crippen MR) is 85.1 cm³/mol. The van der Waals surface area contributed by atoms with Gasteiger partial charge >= 0.3 is 0 Å². The van der Waals surface area contributed by atoms with Crippen LogP contribution in [0.25, 0.3) is 11.4 Å². The molecule has 2 aromatic rings. The summed E-state index contributed by atoms with van der Waals surface area (Å²) < 4.78 is 0. The van der Waals surface area contributed by atoms with E-state index in [0.717, 1.165) is 11.1 Å². The van der Waals surface area contributed by atoms with E-state index in [1.54, 1.807) is 0 Å². The monoisotopic (exact) mass is 287 g/mol. The summed E-state index contributed by atoms with van der Waals surface area (Å²) in [6, 6.07) is 3.82. The highest BCUT2D eigenvalue weighted by Crippen LogP contribution is 2.32. The van der Waals surface area contributed by atoms with Gasteiger partial charge in [-0.3, -0.25) is 0 Å². The minimum absolute atomic E-state index is 0.209. The summed E-state index contributed by atoms with van der Waals surface area (Å²) in [5.41, 5.74) is 2.49. The Labute approximate surface area is 125 Å². The Bertz CT molecular complexity index is 641. The molecule has 2 rings (SSSR count). The van der Waals surface area contributed by atoms with Crippen molar-refractivity contribution in [2.75, 3.05) is 38.0 Å². The molecule has 0 radical (unpaired) electrons. The third-order valence-electron chi connectivity index (χ3n) is 3.10. The van der Waals surface area contributed by atoms with Crippen molar-refractivity contribution in [3.8, 4) is 17.1 Å². The maximum absolute atomic E-state index is 10.3. The second-order valence-corrected chi connectivity index (χ2v) is 5.53. The zero-order valence-corrected chi connectivity index (χ0v) is 13.3. The van der Waals surface area contributed by atoms with Crippen LogP contribution in [0.2, 0.25) is 0 Å². The van der Waals surface area contributed by atoms with Gasteiger partial charge in [-0.2, -0.15) is 15.0 Å². The predicted octanol–water partition coefficient (Wildman–Crippen LogP) is 1.99. The van der Waals surface area contributed by atoms with Crippen LogP contribution in [0.4, 0.5) is 11.9 Å². The van der Waals surface area contributed by atoms with Gasteiger partial charge in [0.2, 0.25) is 11.9 Å². The van der Waals surface area contributed by atoms with Crippen molar-refractivity contribution in [1.82, 2.24) is 15.0 Å². The van der Waals surface area contributed by atoms with Gasteiger partial charge in [0.1, 0.15) is 5.75 Å². The van der Waals surface area contributed by atoms with Gasteiger partial charge in [-0.05, 0) is 31.0 Å². The van der Waals surface area contributed by atoms with Crippen LogP contribution < -0.4 is 9.80 Å². The minimum atomic E-state index is 0.209. The molecule has 0 saturated carbocycles. The van der Waals surface area contributed by atoms with Gasteiger partial charge in [-0.25, -0.2) is 0 Å². The van der Waals surface area contributed by atoms with Gasteiger partial charge in [-0.1, -0.05) is 6.07 Å². The Hall–Kier alpha value is -2.37. The molecule has 0 bridgehead atoms. The van der Waals surface area contributed by atoms with Crippen molar-refractivity contribution in [3.63, 3.8) is 0 Å². The van der Waals surface area contributed by atoms with Gasteiger partial charge in [0.15, 0.2) is 5.82 Å². The van der Waals surface area contributed by atoms with E-state index in [1.807, 2.05) is 64.0 Å². The number of aryl methyl sites for hydroxylation is 2. The first-order valence-electron chi connectivity index (χ1n) is 6.71. The van der Waals surface area contributed by atoms with Crippen LogP contribution in [0.5, 0.6) is 5.75 Å². The van der Waals surface area contributed by atoms with Crippen LogP contribution in [0.15, 0.2) is 12.1 Å². The van der Waals surface area contributed by atoms with E-state index in [9.17, 15) is 5.11 Å². The fourth-order valence-corrected chi connectivity index (χ4v) is 2.00.